The summed E-state index contributed by atoms with van der Waals surface area (Å²) in [7, 11) is 0.886. The highest BCUT2D eigenvalue weighted by Crippen LogP contribution is 2.41. The highest BCUT2D eigenvalue weighted by atomic mass is 19.4. The fourth-order valence-corrected chi connectivity index (χ4v) is 9.70. The number of alkyl carbamates (subject to hydrolysis) is 1. The number of ether oxygens (including phenoxy) is 2. The normalized spacial score (nSPS) is 18.6. The van der Waals surface area contributed by atoms with Crippen molar-refractivity contribution in [3.63, 3.8) is 0 Å². The summed E-state index contributed by atoms with van der Waals surface area (Å²) < 4.78 is 113. The number of carbonyl (C=O) groups is 4. The highest BCUT2D eigenvalue weighted by Gasteiger charge is 2.56. The Hall–Kier alpha value is -6.81. The van der Waals surface area contributed by atoms with Crippen LogP contribution >= 0.6 is 0 Å². The van der Waals surface area contributed by atoms with Gasteiger partial charge >= 0.3 is 18.8 Å². The number of anilines is 1. The number of nitrogens with zero attached hydrogens (tertiary/aromatic N) is 6. The third-order valence-electron chi connectivity index (χ3n) is 14.4. The summed E-state index contributed by atoms with van der Waals surface area (Å²) in [6.45, 7) is 6.45. The molecule has 0 radical (unpaired) electrons. The SMILES string of the molecule is CCC(=O)N[C@H](C(=O)NN(Cc1c(F)cc(-c2ccn(C(F)F)n2)cc1F)C[C@H](O)[C@H](Cc1ccc(C#Cc2ccc(N3CC4CCC(C3)N4C3COC3)nc2)cc1)NC(=O)[C@@H](NC(=O)OC)C(C)(C)C(F)(F)F)C(C)(C)C. The predicted molar refractivity (Wildman–Crippen MR) is 272 cm³/mol. The first-order chi connectivity index (χ1) is 36.8. The van der Waals surface area contributed by atoms with Crippen LogP contribution in [-0.4, -0.2) is 142 Å². The van der Waals surface area contributed by atoms with E-state index in [1.807, 2.05) is 17.4 Å². The van der Waals surface area contributed by atoms with E-state index in [4.69, 9.17) is 9.72 Å². The van der Waals surface area contributed by atoms with Crippen LogP contribution in [0.4, 0.5) is 41.3 Å². The second-order valence-electron chi connectivity index (χ2n) is 21.4. The summed E-state index contributed by atoms with van der Waals surface area (Å²) in [4.78, 5) is 62.9. The zero-order valence-electron chi connectivity index (χ0n) is 44.3. The van der Waals surface area contributed by atoms with E-state index in [9.17, 15) is 46.2 Å². The second kappa shape index (κ2) is 24.5. The molecule has 2 unspecified atom stereocenters. The van der Waals surface area contributed by atoms with Crippen LogP contribution < -0.4 is 26.3 Å². The van der Waals surface area contributed by atoms with Gasteiger partial charge in [0.25, 0.3) is 5.91 Å². The van der Waals surface area contributed by atoms with Gasteiger partial charge in [0.05, 0.1) is 49.6 Å². The monoisotopic (exact) mass is 1100 g/mol. The van der Waals surface area contributed by atoms with Crippen LogP contribution in [0.5, 0.6) is 0 Å². The van der Waals surface area contributed by atoms with Crippen molar-refractivity contribution in [1.82, 2.24) is 46.0 Å². The van der Waals surface area contributed by atoms with Gasteiger partial charge in [0.15, 0.2) is 0 Å². The van der Waals surface area contributed by atoms with Crippen molar-refractivity contribution in [1.29, 1.82) is 0 Å². The number of nitrogens with one attached hydrogen (secondary N) is 4. The predicted octanol–water partition coefficient (Wildman–Crippen LogP) is 6.25. The van der Waals surface area contributed by atoms with Gasteiger partial charge in [-0.1, -0.05) is 51.7 Å². The molecular weight excluding hydrogens is 1030 g/mol. The minimum absolute atomic E-state index is 0.0196. The lowest BCUT2D eigenvalue weighted by Crippen LogP contribution is -2.63. The summed E-state index contributed by atoms with van der Waals surface area (Å²) in [5.41, 5.74) is -0.881. The van der Waals surface area contributed by atoms with E-state index >= 15 is 8.78 Å². The third kappa shape index (κ3) is 14.1. The summed E-state index contributed by atoms with van der Waals surface area (Å²) in [5, 5.41) is 23.7. The Morgan fingerprint density at radius 1 is 0.859 bits per heavy atom. The lowest BCUT2D eigenvalue weighted by molar-refractivity contribution is -0.220. The summed E-state index contributed by atoms with van der Waals surface area (Å²) in [6.07, 6.45) is -3.79. The molecule has 78 heavy (non-hydrogen) atoms. The highest BCUT2D eigenvalue weighted by molar-refractivity contribution is 5.88. The Morgan fingerprint density at radius 2 is 1.49 bits per heavy atom. The Kier molecular flexibility index (Phi) is 18.5. The van der Waals surface area contributed by atoms with Crippen LogP contribution in [0.3, 0.4) is 0 Å². The third-order valence-corrected chi connectivity index (χ3v) is 14.4. The van der Waals surface area contributed by atoms with Gasteiger partial charge in [-0.3, -0.25) is 24.7 Å². The Morgan fingerprint density at radius 3 is 2.01 bits per heavy atom. The first kappa shape index (κ1) is 58.9. The number of halogens is 7. The number of alkyl halides is 5. The van der Waals surface area contributed by atoms with Gasteiger partial charge in [-0.2, -0.15) is 27.1 Å². The molecule has 0 aliphatic carbocycles. The first-order valence-electron chi connectivity index (χ1n) is 25.5. The largest absolute Gasteiger partial charge is 0.453 e. The zero-order valence-corrected chi connectivity index (χ0v) is 44.3. The van der Waals surface area contributed by atoms with E-state index < -0.39 is 102 Å². The van der Waals surface area contributed by atoms with Crippen molar-refractivity contribution in [3.05, 3.63) is 101 Å². The number of rotatable bonds is 19. The number of hydrogen-bond donors (Lipinski definition) is 5. The number of piperazine rings is 1. The molecule has 3 saturated heterocycles. The summed E-state index contributed by atoms with van der Waals surface area (Å²) >= 11 is 0. The van der Waals surface area contributed by atoms with Crippen molar-refractivity contribution >= 4 is 29.6 Å². The van der Waals surface area contributed by atoms with Crippen LogP contribution in [0, 0.1) is 34.3 Å². The minimum atomic E-state index is -5.08. The number of aromatic nitrogens is 3. The standard InChI is InChI=1S/C54H65F7N10O7/c1-8-45(73)64-46(52(2,3)4)49(75)67-69(27-38-39(55)22-34(23-40(38)56)41-19-20-70(66-41)50(57)58)28-43(72)42(63-48(74)47(65-51(76)77-7)53(5,6)54(59,60)61)21-32-12-9-31(10-13-32)11-14-33-15-18-44(62-24-33)68-25-35-16-17-36(26-68)71(35)37-29-78-30-37/h9-10,12-13,15,18-20,22-24,35-37,42-43,46-47,50,72H,8,16-17,21,25-30H2,1-7H3,(H,63,74)(H,64,73)(H,65,76)(H,67,75)/t35?,36?,42-,43-,46+,47+/m0/s1. The van der Waals surface area contributed by atoms with Gasteiger partial charge in [0.1, 0.15) is 29.5 Å². The number of hydrazine groups is 1. The molecule has 17 nitrogen and oxygen atoms in total. The molecule has 2 aromatic heterocycles. The first-order valence-corrected chi connectivity index (χ1v) is 25.5. The number of pyridine rings is 1. The maximum atomic E-state index is 16.1. The number of fused-ring (bicyclic) bond motifs is 2. The number of hydrogen-bond acceptors (Lipinski definition) is 12. The lowest BCUT2D eigenvalue weighted by atomic mass is 9.82. The molecule has 3 aliphatic heterocycles. The fourth-order valence-electron chi connectivity index (χ4n) is 9.70. The van der Waals surface area contributed by atoms with Gasteiger partial charge in [-0.15, -0.1) is 0 Å². The number of methoxy groups -OCH3 is 1. The zero-order chi connectivity index (χ0) is 56.9. The summed E-state index contributed by atoms with van der Waals surface area (Å²) in [5.74, 6) is 1.77. The van der Waals surface area contributed by atoms with Crippen molar-refractivity contribution in [2.45, 2.75) is 129 Å². The van der Waals surface area contributed by atoms with Crippen molar-refractivity contribution in [2.75, 3.05) is 44.9 Å². The van der Waals surface area contributed by atoms with Gasteiger partial charge < -0.3 is 35.4 Å². The smallest absolute Gasteiger partial charge is 0.407 e. The van der Waals surface area contributed by atoms with Crippen LogP contribution in [0.2, 0.25) is 0 Å². The number of amides is 4. The van der Waals surface area contributed by atoms with Crippen LogP contribution in [0.15, 0.2) is 67.0 Å². The number of carbonyl (C=O) groups excluding carboxylic acids is 4. The maximum absolute atomic E-state index is 16.1. The Labute approximate surface area is 447 Å². The van der Waals surface area contributed by atoms with Gasteiger partial charge in [-0.25, -0.2) is 28.3 Å². The van der Waals surface area contributed by atoms with Crippen LogP contribution in [0.25, 0.3) is 11.3 Å². The second-order valence-corrected chi connectivity index (χ2v) is 21.4. The van der Waals surface area contributed by atoms with E-state index in [0.717, 1.165) is 81.5 Å². The Bertz CT molecular complexity index is 2790. The van der Waals surface area contributed by atoms with Gasteiger partial charge in [-0.05, 0) is 86.6 Å². The molecule has 2 aromatic carbocycles. The number of benzene rings is 2. The molecule has 24 heteroatoms. The molecule has 4 aromatic rings. The van der Waals surface area contributed by atoms with Gasteiger partial charge in [0.2, 0.25) is 11.8 Å². The van der Waals surface area contributed by atoms with E-state index in [1.165, 1.54) is 0 Å². The topological polar surface area (TPSA) is 196 Å². The molecule has 4 amide bonds. The molecule has 6 atom stereocenters. The molecular formula is C54H65F7N10O7. The lowest BCUT2D eigenvalue weighted by Gasteiger charge is -2.47. The van der Waals surface area contributed by atoms with E-state index in [2.05, 4.69) is 47.5 Å². The molecule has 0 saturated carbocycles. The maximum Gasteiger partial charge on any atom is 0.407 e. The molecule has 7 rings (SSSR count). The van der Waals surface area contributed by atoms with E-state index in [-0.39, 0.29) is 28.8 Å². The Balaban J connectivity index is 1.16. The molecule has 5 heterocycles. The molecule has 3 aliphatic rings. The number of aliphatic hydroxyl groups excluding tert-OH is 1. The van der Waals surface area contributed by atoms with Crippen molar-refractivity contribution in [2.24, 2.45) is 10.8 Å². The molecule has 422 valence electrons. The van der Waals surface area contributed by atoms with E-state index in [0.29, 0.717) is 48.7 Å². The average molecular weight is 1100 g/mol. The molecule has 5 N–H and O–H groups in total. The van der Waals surface area contributed by atoms with Crippen molar-refractivity contribution in [3.8, 4) is 23.1 Å². The summed E-state index contributed by atoms with van der Waals surface area (Å²) in [6, 6.07) is 9.29. The quantitative estimate of drug-likeness (QED) is 0.0404. The minimum Gasteiger partial charge on any atom is -0.453 e. The average Bonchev–Trinajstić information content (AvgIpc) is 3.96. The molecule has 0 spiro atoms. The fraction of sp³-hybridized carbons (Fsp3) is 0.519. The molecule has 3 fully saturated rings. The van der Waals surface area contributed by atoms with Crippen LogP contribution in [0.1, 0.15) is 89.6 Å². The van der Waals surface area contributed by atoms with Gasteiger partial charge in [0, 0.05) is 79.3 Å². The van der Waals surface area contributed by atoms with Crippen LogP contribution in [-0.2, 0) is 36.8 Å². The van der Waals surface area contributed by atoms with E-state index in [1.54, 1.807) is 58.2 Å². The number of aliphatic hydroxyl groups is 1. The molecule has 2 bridgehead atoms. The van der Waals surface area contributed by atoms with Crippen molar-refractivity contribution < 1.29 is 64.5 Å².